The highest BCUT2D eigenvalue weighted by molar-refractivity contribution is 7.80. The number of halogens is 3. The summed E-state index contributed by atoms with van der Waals surface area (Å²) < 4.78 is 56.5. The van der Waals surface area contributed by atoms with E-state index in [1.807, 2.05) is 48.2 Å². The van der Waals surface area contributed by atoms with E-state index in [0.717, 1.165) is 34.5 Å². The van der Waals surface area contributed by atoms with Crippen molar-refractivity contribution in [2.75, 3.05) is 32.7 Å². The van der Waals surface area contributed by atoms with E-state index in [-0.39, 0.29) is 18.4 Å². The number of nitrogens with one attached hydrogen (secondary N) is 1. The van der Waals surface area contributed by atoms with Gasteiger partial charge in [-0.2, -0.15) is 13.2 Å². The van der Waals surface area contributed by atoms with E-state index >= 15 is 0 Å². The van der Waals surface area contributed by atoms with Gasteiger partial charge < -0.3 is 24.4 Å². The zero-order chi connectivity index (χ0) is 25.9. The number of alkyl halides is 3. The Hall–Kier alpha value is -3.46. The highest BCUT2D eigenvalue weighted by atomic mass is 32.1. The predicted octanol–water partition coefficient (Wildman–Crippen LogP) is 6.41. The number of benzene rings is 3. The topological polar surface area (TPSA) is 43.0 Å². The van der Waals surface area contributed by atoms with Crippen LogP contribution < -0.4 is 19.5 Å². The average Bonchev–Trinajstić information content (AvgIpc) is 2.87. The number of rotatable bonds is 6. The maximum atomic E-state index is 13.2. The van der Waals surface area contributed by atoms with Crippen molar-refractivity contribution in [2.45, 2.75) is 25.6 Å². The maximum Gasteiger partial charge on any atom is 0.416 e. The molecule has 1 unspecified atom stereocenters. The first-order valence-electron chi connectivity index (χ1n) is 11.4. The number of methoxy groups -OCH3 is 2. The second-order valence-corrected chi connectivity index (χ2v) is 8.88. The Morgan fingerprint density at radius 3 is 2.39 bits per heavy atom. The van der Waals surface area contributed by atoms with Crippen LogP contribution in [0.15, 0.2) is 60.7 Å². The first kappa shape index (κ1) is 25.6. The first-order chi connectivity index (χ1) is 17.2. The minimum Gasteiger partial charge on any atom is -0.493 e. The van der Waals surface area contributed by atoms with Gasteiger partial charge in [-0.25, -0.2) is 0 Å². The molecular weight excluding hydrogens is 489 g/mol. The molecule has 1 N–H and O–H groups in total. The van der Waals surface area contributed by atoms with Gasteiger partial charge in [0.25, 0.3) is 0 Å². The molecule has 36 heavy (non-hydrogen) atoms. The van der Waals surface area contributed by atoms with Gasteiger partial charge in [0.2, 0.25) is 0 Å². The van der Waals surface area contributed by atoms with Gasteiger partial charge in [-0.1, -0.05) is 23.8 Å². The van der Waals surface area contributed by atoms with Crippen LogP contribution >= 0.6 is 12.2 Å². The van der Waals surface area contributed by atoms with Crippen molar-refractivity contribution in [3.05, 3.63) is 82.9 Å². The van der Waals surface area contributed by atoms with Crippen molar-refractivity contribution in [1.29, 1.82) is 0 Å². The molecule has 0 fully saturated rings. The molecule has 3 aromatic carbocycles. The molecule has 1 aliphatic heterocycles. The molecule has 190 valence electrons. The van der Waals surface area contributed by atoms with E-state index in [9.17, 15) is 13.2 Å². The monoisotopic (exact) mass is 516 g/mol. The van der Waals surface area contributed by atoms with E-state index in [0.29, 0.717) is 29.6 Å². The summed E-state index contributed by atoms with van der Waals surface area (Å²) in [4.78, 5) is 2.00. The predicted molar refractivity (Wildman–Crippen MR) is 137 cm³/mol. The van der Waals surface area contributed by atoms with Gasteiger partial charge >= 0.3 is 6.18 Å². The number of ether oxygens (including phenoxy) is 3. The van der Waals surface area contributed by atoms with Crippen molar-refractivity contribution in [2.24, 2.45) is 0 Å². The van der Waals surface area contributed by atoms with Gasteiger partial charge in [-0.05, 0) is 79.2 Å². The minimum atomic E-state index is -4.45. The zero-order valence-corrected chi connectivity index (χ0v) is 21.0. The highest BCUT2D eigenvalue weighted by Gasteiger charge is 2.33. The fraction of sp³-hybridized carbons (Fsp3) is 0.296. The number of nitrogens with zero attached hydrogens (tertiary/aromatic N) is 1. The summed E-state index contributed by atoms with van der Waals surface area (Å²) >= 11 is 5.76. The van der Waals surface area contributed by atoms with Crippen molar-refractivity contribution in [3.63, 3.8) is 0 Å². The van der Waals surface area contributed by atoms with Crippen LogP contribution in [0.4, 0.5) is 18.9 Å². The summed E-state index contributed by atoms with van der Waals surface area (Å²) in [5.74, 6) is 1.30. The van der Waals surface area contributed by atoms with Gasteiger partial charge in [0.15, 0.2) is 16.6 Å². The third-order valence-electron chi connectivity index (χ3n) is 6.14. The summed E-state index contributed by atoms with van der Waals surface area (Å²) in [6.45, 7) is 2.68. The SMILES string of the molecule is COc1cc2c(cc1OC)C(COc1cccc(C(F)(F)F)c1)N(C(=S)Nc1ccc(C)cc1)CC2. The lowest BCUT2D eigenvalue weighted by Crippen LogP contribution is -2.44. The molecule has 4 rings (SSSR count). The number of hydrogen-bond donors (Lipinski definition) is 1. The van der Waals surface area contributed by atoms with Crippen LogP contribution in [-0.2, 0) is 12.6 Å². The Morgan fingerprint density at radius 1 is 1.03 bits per heavy atom. The fourth-order valence-corrected chi connectivity index (χ4v) is 4.56. The Balaban J connectivity index is 1.64. The number of thiocarbonyl (C=S) groups is 1. The van der Waals surface area contributed by atoms with Crippen LogP contribution in [0.25, 0.3) is 0 Å². The van der Waals surface area contributed by atoms with Crippen LogP contribution in [0.1, 0.15) is 28.3 Å². The standard InChI is InChI=1S/C27H27F3N2O3S/c1-17-7-9-20(10-8-17)31-26(36)32-12-11-18-13-24(33-2)25(34-3)15-22(18)23(32)16-35-21-6-4-5-19(14-21)27(28,29)30/h4-10,13-15,23H,11-12,16H2,1-3H3,(H,31,36). The number of anilines is 1. The molecule has 0 bridgehead atoms. The lowest BCUT2D eigenvalue weighted by atomic mass is 9.92. The lowest BCUT2D eigenvalue weighted by Gasteiger charge is -2.39. The molecule has 1 aliphatic rings. The molecule has 0 aromatic heterocycles. The number of fused-ring (bicyclic) bond motifs is 1. The van der Waals surface area contributed by atoms with Crippen LogP contribution in [0, 0.1) is 6.92 Å². The van der Waals surface area contributed by atoms with Crippen LogP contribution in [0.3, 0.4) is 0 Å². The van der Waals surface area contributed by atoms with Crippen LogP contribution in [0.2, 0.25) is 0 Å². The third-order valence-corrected chi connectivity index (χ3v) is 6.47. The molecule has 0 amide bonds. The Labute approximate surface area is 213 Å². The van der Waals surface area contributed by atoms with Crippen LogP contribution in [0.5, 0.6) is 17.2 Å². The molecular formula is C27H27F3N2O3S. The molecule has 0 saturated carbocycles. The van der Waals surface area contributed by atoms with E-state index in [4.69, 9.17) is 26.4 Å². The fourth-order valence-electron chi connectivity index (χ4n) is 4.22. The zero-order valence-electron chi connectivity index (χ0n) is 20.2. The van der Waals surface area contributed by atoms with Gasteiger partial charge in [-0.15, -0.1) is 0 Å². The molecule has 9 heteroatoms. The third kappa shape index (κ3) is 5.67. The number of aryl methyl sites for hydroxylation is 1. The van der Waals surface area contributed by atoms with Gasteiger partial charge in [-0.3, -0.25) is 0 Å². The molecule has 0 spiro atoms. The van der Waals surface area contributed by atoms with Crippen LogP contribution in [-0.4, -0.2) is 37.4 Å². The van der Waals surface area contributed by atoms with E-state index in [1.165, 1.54) is 12.1 Å². The largest absolute Gasteiger partial charge is 0.493 e. The summed E-state index contributed by atoms with van der Waals surface area (Å²) in [5, 5.41) is 3.77. The van der Waals surface area contributed by atoms with E-state index < -0.39 is 11.7 Å². The quantitative estimate of drug-likeness (QED) is 0.382. The Kier molecular flexibility index (Phi) is 7.59. The summed E-state index contributed by atoms with van der Waals surface area (Å²) in [7, 11) is 3.14. The van der Waals surface area contributed by atoms with Gasteiger partial charge in [0.05, 0.1) is 25.8 Å². The molecule has 5 nitrogen and oxygen atoms in total. The lowest BCUT2D eigenvalue weighted by molar-refractivity contribution is -0.137. The minimum absolute atomic E-state index is 0.0828. The highest BCUT2D eigenvalue weighted by Crippen LogP contribution is 2.39. The van der Waals surface area contributed by atoms with E-state index in [1.54, 1.807) is 14.2 Å². The van der Waals surface area contributed by atoms with E-state index in [2.05, 4.69) is 5.32 Å². The van der Waals surface area contributed by atoms with Gasteiger partial charge in [0.1, 0.15) is 12.4 Å². The summed E-state index contributed by atoms with van der Waals surface area (Å²) in [6.07, 6.45) is -3.75. The maximum absolute atomic E-state index is 13.2. The average molecular weight is 517 g/mol. The number of hydrogen-bond acceptors (Lipinski definition) is 4. The summed E-state index contributed by atoms with van der Waals surface area (Å²) in [6, 6.07) is 16.2. The van der Waals surface area contributed by atoms with Crippen molar-refractivity contribution >= 4 is 23.0 Å². The smallest absolute Gasteiger partial charge is 0.416 e. The molecule has 1 heterocycles. The second-order valence-electron chi connectivity index (χ2n) is 8.50. The molecule has 0 saturated heterocycles. The van der Waals surface area contributed by atoms with Crippen molar-refractivity contribution < 1.29 is 27.4 Å². The van der Waals surface area contributed by atoms with Crippen molar-refractivity contribution in [1.82, 2.24) is 4.90 Å². The molecule has 0 radical (unpaired) electrons. The Bertz CT molecular complexity index is 1230. The Morgan fingerprint density at radius 2 is 1.72 bits per heavy atom. The summed E-state index contributed by atoms with van der Waals surface area (Å²) in [5.41, 5.74) is 3.18. The normalized spacial score (nSPS) is 15.2. The first-order valence-corrected chi connectivity index (χ1v) is 11.8. The second kappa shape index (κ2) is 10.7. The molecule has 3 aromatic rings. The van der Waals surface area contributed by atoms with Crippen molar-refractivity contribution in [3.8, 4) is 17.2 Å². The van der Waals surface area contributed by atoms with Gasteiger partial charge in [0, 0.05) is 12.2 Å². The molecule has 1 atom stereocenters. The molecule has 0 aliphatic carbocycles.